The molecule has 1 atom stereocenters. The molecule has 3 aromatic rings. The van der Waals surface area contributed by atoms with E-state index in [0.717, 1.165) is 29.5 Å². The van der Waals surface area contributed by atoms with Crippen LogP contribution in [0.3, 0.4) is 0 Å². The van der Waals surface area contributed by atoms with Gasteiger partial charge in [0.05, 0.1) is 5.75 Å². The molecular weight excluding hydrogens is 400 g/mol. The van der Waals surface area contributed by atoms with Crippen molar-refractivity contribution in [3.63, 3.8) is 0 Å². The quantitative estimate of drug-likeness (QED) is 0.350. The van der Waals surface area contributed by atoms with Crippen LogP contribution in [-0.4, -0.2) is 26.4 Å². The second-order valence-corrected chi connectivity index (χ2v) is 8.80. The molecule has 0 radical (unpaired) electrons. The lowest BCUT2D eigenvalue weighted by Gasteiger charge is -2.10. The average Bonchev–Trinajstić information content (AvgIpc) is 3.38. The Hall–Kier alpha value is -2.38. The van der Waals surface area contributed by atoms with Crippen LogP contribution in [0.15, 0.2) is 59.6 Å². The number of nitrogens with zero attached hydrogens (tertiary/aromatic N) is 3. The number of nitrogens with one attached hydrogen (secondary N) is 1. The average molecular weight is 427 g/mol. The third kappa shape index (κ3) is 5.81. The van der Waals surface area contributed by atoms with Gasteiger partial charge in [-0.2, -0.15) is 0 Å². The highest BCUT2D eigenvalue weighted by Crippen LogP contribution is 2.22. The van der Waals surface area contributed by atoms with E-state index in [4.69, 9.17) is 0 Å². The summed E-state index contributed by atoms with van der Waals surface area (Å²) in [7, 11) is 0. The Morgan fingerprint density at radius 3 is 2.76 bits per heavy atom. The molecule has 3 rings (SSSR count). The van der Waals surface area contributed by atoms with Gasteiger partial charge in [0.1, 0.15) is 5.82 Å². The number of allylic oxidation sites excluding steroid dienone is 1. The van der Waals surface area contributed by atoms with Crippen molar-refractivity contribution < 1.29 is 4.79 Å². The zero-order chi connectivity index (χ0) is 20.6. The minimum atomic E-state index is -0.0563. The van der Waals surface area contributed by atoms with E-state index in [1.807, 2.05) is 28.8 Å². The zero-order valence-electron chi connectivity index (χ0n) is 16.8. The molecule has 0 bridgehead atoms. The van der Waals surface area contributed by atoms with Gasteiger partial charge in [0, 0.05) is 23.5 Å². The minimum Gasteiger partial charge on any atom is -0.325 e. The van der Waals surface area contributed by atoms with E-state index >= 15 is 0 Å². The van der Waals surface area contributed by atoms with Gasteiger partial charge < -0.3 is 9.88 Å². The van der Waals surface area contributed by atoms with E-state index in [9.17, 15) is 4.79 Å². The molecule has 7 heteroatoms. The number of thiophene rings is 1. The van der Waals surface area contributed by atoms with E-state index in [1.54, 1.807) is 11.3 Å². The molecule has 2 heterocycles. The van der Waals surface area contributed by atoms with E-state index in [0.29, 0.717) is 12.5 Å². The van der Waals surface area contributed by atoms with Crippen LogP contribution in [0, 0.1) is 0 Å². The summed E-state index contributed by atoms with van der Waals surface area (Å²) < 4.78 is 2.02. The largest absolute Gasteiger partial charge is 0.325 e. The van der Waals surface area contributed by atoms with Crippen LogP contribution < -0.4 is 5.32 Å². The maximum absolute atomic E-state index is 12.4. The number of rotatable bonds is 10. The smallest absolute Gasteiger partial charge is 0.234 e. The van der Waals surface area contributed by atoms with Crippen LogP contribution in [0.25, 0.3) is 0 Å². The Morgan fingerprint density at radius 2 is 2.10 bits per heavy atom. The van der Waals surface area contributed by atoms with Gasteiger partial charge in [-0.25, -0.2) is 0 Å². The Labute approximate surface area is 180 Å². The summed E-state index contributed by atoms with van der Waals surface area (Å²) in [5, 5.41) is 14.4. The molecule has 0 aliphatic carbocycles. The van der Waals surface area contributed by atoms with Crippen LogP contribution in [-0.2, 0) is 17.8 Å². The molecule has 0 saturated heterocycles. The first-order valence-electron chi connectivity index (χ1n) is 9.68. The molecule has 152 valence electrons. The lowest BCUT2D eigenvalue weighted by Crippen LogP contribution is -2.15. The van der Waals surface area contributed by atoms with Crippen molar-refractivity contribution in [2.45, 2.75) is 44.3 Å². The third-order valence-corrected chi connectivity index (χ3v) is 6.57. The molecular formula is C22H26N4OS2. The molecule has 0 saturated carbocycles. The van der Waals surface area contributed by atoms with Crippen LogP contribution in [0.5, 0.6) is 0 Å². The Bertz CT molecular complexity index is 932. The first-order valence-corrected chi connectivity index (χ1v) is 11.5. The summed E-state index contributed by atoms with van der Waals surface area (Å²) >= 11 is 3.09. The summed E-state index contributed by atoms with van der Waals surface area (Å²) in [6, 6.07) is 12.2. The topological polar surface area (TPSA) is 59.8 Å². The van der Waals surface area contributed by atoms with Crippen molar-refractivity contribution in [3.8, 4) is 0 Å². The molecule has 0 spiro atoms. The summed E-state index contributed by atoms with van der Waals surface area (Å²) in [5.41, 5.74) is 2.10. The molecule has 1 unspecified atom stereocenters. The van der Waals surface area contributed by atoms with Crippen LogP contribution >= 0.6 is 23.1 Å². The van der Waals surface area contributed by atoms with Gasteiger partial charge in [0.2, 0.25) is 5.91 Å². The highest BCUT2D eigenvalue weighted by Gasteiger charge is 2.14. The molecule has 1 amide bonds. The summed E-state index contributed by atoms with van der Waals surface area (Å²) in [5.74, 6) is 1.63. The SMILES string of the molecule is C=CCn1c(Cc2cccs2)nnc1SCC(=O)Nc1ccc(C(C)CC)cc1. The van der Waals surface area contributed by atoms with Crippen molar-refractivity contribution in [2.75, 3.05) is 11.1 Å². The van der Waals surface area contributed by atoms with E-state index in [-0.39, 0.29) is 11.7 Å². The van der Waals surface area contributed by atoms with Gasteiger partial charge in [-0.15, -0.1) is 28.1 Å². The second-order valence-electron chi connectivity index (χ2n) is 6.82. The molecule has 1 N–H and O–H groups in total. The number of thioether (sulfide) groups is 1. The van der Waals surface area contributed by atoms with Crippen molar-refractivity contribution >= 4 is 34.7 Å². The highest BCUT2D eigenvalue weighted by molar-refractivity contribution is 7.99. The van der Waals surface area contributed by atoms with Gasteiger partial charge in [-0.1, -0.05) is 49.9 Å². The number of aromatic nitrogens is 3. The van der Waals surface area contributed by atoms with Gasteiger partial charge in [-0.05, 0) is 41.5 Å². The normalized spacial score (nSPS) is 11.9. The standard InChI is InChI=1S/C22H26N4OS2/c1-4-12-26-20(14-19-7-6-13-28-19)24-25-22(26)29-15-21(27)23-18-10-8-17(9-11-18)16(3)5-2/h4,6-11,13,16H,1,5,12,14-15H2,2-3H3,(H,23,27). The van der Waals surface area contributed by atoms with Crippen LogP contribution in [0.2, 0.25) is 0 Å². The number of anilines is 1. The minimum absolute atomic E-state index is 0.0563. The van der Waals surface area contributed by atoms with Gasteiger partial charge in [-0.3, -0.25) is 4.79 Å². The number of hydrogen-bond donors (Lipinski definition) is 1. The molecule has 5 nitrogen and oxygen atoms in total. The number of benzene rings is 1. The third-order valence-electron chi connectivity index (χ3n) is 4.73. The number of carbonyl (C=O) groups is 1. The van der Waals surface area contributed by atoms with Crippen LogP contribution in [0.4, 0.5) is 5.69 Å². The zero-order valence-corrected chi connectivity index (χ0v) is 18.4. The predicted molar refractivity (Wildman–Crippen MR) is 122 cm³/mol. The first-order chi connectivity index (χ1) is 14.1. The molecule has 0 aliphatic heterocycles. The van der Waals surface area contributed by atoms with Crippen molar-refractivity contribution in [3.05, 3.63) is 70.7 Å². The molecule has 0 fully saturated rings. The van der Waals surface area contributed by atoms with Gasteiger partial charge in [0.25, 0.3) is 0 Å². The summed E-state index contributed by atoms with van der Waals surface area (Å²) in [6.45, 7) is 8.83. The van der Waals surface area contributed by atoms with Crippen molar-refractivity contribution in [1.82, 2.24) is 14.8 Å². The van der Waals surface area contributed by atoms with E-state index in [1.165, 1.54) is 22.2 Å². The van der Waals surface area contributed by atoms with Gasteiger partial charge in [0.15, 0.2) is 5.16 Å². The lowest BCUT2D eigenvalue weighted by molar-refractivity contribution is -0.113. The monoisotopic (exact) mass is 426 g/mol. The predicted octanol–water partition coefficient (Wildman–Crippen LogP) is 5.36. The molecule has 2 aromatic heterocycles. The Balaban J connectivity index is 1.59. The Kier molecular flexibility index (Phi) is 7.66. The van der Waals surface area contributed by atoms with Crippen LogP contribution in [0.1, 0.15) is 42.5 Å². The summed E-state index contributed by atoms with van der Waals surface area (Å²) in [4.78, 5) is 13.6. The fourth-order valence-corrected chi connectivity index (χ4v) is 4.36. The number of amides is 1. The fraction of sp³-hybridized carbons (Fsp3) is 0.318. The van der Waals surface area contributed by atoms with Gasteiger partial charge >= 0.3 is 0 Å². The fourth-order valence-electron chi connectivity index (χ4n) is 2.90. The molecule has 1 aromatic carbocycles. The maximum Gasteiger partial charge on any atom is 0.234 e. The number of carbonyl (C=O) groups excluding carboxylic acids is 1. The first kappa shape index (κ1) is 21.3. The Morgan fingerprint density at radius 1 is 1.31 bits per heavy atom. The molecule has 0 aliphatic rings. The summed E-state index contributed by atoms with van der Waals surface area (Å²) in [6.07, 6.45) is 3.65. The van der Waals surface area contributed by atoms with Crippen molar-refractivity contribution in [2.24, 2.45) is 0 Å². The molecule has 29 heavy (non-hydrogen) atoms. The lowest BCUT2D eigenvalue weighted by atomic mass is 9.99. The highest BCUT2D eigenvalue weighted by atomic mass is 32.2. The van der Waals surface area contributed by atoms with E-state index in [2.05, 4.69) is 59.5 Å². The maximum atomic E-state index is 12.4. The number of hydrogen-bond acceptors (Lipinski definition) is 5. The van der Waals surface area contributed by atoms with Crippen molar-refractivity contribution in [1.29, 1.82) is 0 Å². The second kappa shape index (κ2) is 10.4. The van der Waals surface area contributed by atoms with E-state index < -0.39 is 0 Å².